The number of hydrogen-bond donors (Lipinski definition) is 1. The second-order valence-electron chi connectivity index (χ2n) is 5.16. The molecule has 0 saturated heterocycles. The molecular weight excluding hydrogens is 288 g/mol. The minimum Gasteiger partial charge on any atom is -0.372 e. The van der Waals surface area contributed by atoms with Crippen LogP contribution in [0.5, 0.6) is 0 Å². The van der Waals surface area contributed by atoms with Gasteiger partial charge >= 0.3 is 0 Å². The molecule has 0 heterocycles. The van der Waals surface area contributed by atoms with E-state index in [1.807, 2.05) is 31.2 Å². The number of hydrazone groups is 1. The molecule has 4 nitrogen and oxygen atoms in total. The summed E-state index contributed by atoms with van der Waals surface area (Å²) in [6.45, 7) is 2.37. The van der Waals surface area contributed by atoms with Crippen LogP contribution in [0.15, 0.2) is 59.7 Å². The summed E-state index contributed by atoms with van der Waals surface area (Å²) in [7, 11) is 0. The smallest absolute Gasteiger partial charge is 0.266 e. The van der Waals surface area contributed by atoms with Crippen LogP contribution in [0, 0.1) is 0 Å². The van der Waals surface area contributed by atoms with Crippen molar-refractivity contribution in [3.63, 3.8) is 0 Å². The first-order chi connectivity index (χ1) is 11.3. The summed E-state index contributed by atoms with van der Waals surface area (Å²) in [6.07, 6.45) is 1.70. The largest absolute Gasteiger partial charge is 0.372 e. The number of nitrogens with one attached hydrogen (secondary N) is 1. The third-order valence-electron chi connectivity index (χ3n) is 3.63. The van der Waals surface area contributed by atoms with E-state index in [2.05, 4.69) is 40.9 Å². The number of benzene rings is 3. The number of carbonyl (C=O) groups is 1. The van der Waals surface area contributed by atoms with Gasteiger partial charge in [-0.05, 0) is 34.5 Å². The van der Waals surface area contributed by atoms with E-state index in [1.165, 1.54) is 0 Å². The summed E-state index contributed by atoms with van der Waals surface area (Å²) in [5.74, 6) is -0.257. The average Bonchev–Trinajstić information content (AvgIpc) is 2.59. The highest BCUT2D eigenvalue weighted by molar-refractivity contribution is 6.13. The Morgan fingerprint density at radius 3 is 2.30 bits per heavy atom. The first-order valence-corrected chi connectivity index (χ1v) is 7.59. The Morgan fingerprint density at radius 2 is 1.70 bits per heavy atom. The van der Waals surface area contributed by atoms with E-state index in [1.54, 1.807) is 6.21 Å². The highest BCUT2D eigenvalue weighted by Gasteiger charge is 2.05. The topological polar surface area (TPSA) is 50.7 Å². The molecule has 0 spiro atoms. The van der Waals surface area contributed by atoms with Crippen LogP contribution in [0.25, 0.3) is 21.5 Å². The van der Waals surface area contributed by atoms with Crippen molar-refractivity contribution in [3.8, 4) is 0 Å². The van der Waals surface area contributed by atoms with Crippen molar-refractivity contribution in [3.05, 3.63) is 60.2 Å². The Hall–Kier alpha value is -2.72. The lowest BCUT2D eigenvalue weighted by Gasteiger charge is -2.08. The lowest BCUT2D eigenvalue weighted by atomic mass is 9.97. The Labute approximate surface area is 134 Å². The summed E-state index contributed by atoms with van der Waals surface area (Å²) >= 11 is 0. The third-order valence-corrected chi connectivity index (χ3v) is 3.63. The van der Waals surface area contributed by atoms with Crippen LogP contribution < -0.4 is 5.43 Å². The van der Waals surface area contributed by atoms with Gasteiger partial charge in [-0.1, -0.05) is 48.5 Å². The number of nitrogens with zero attached hydrogens (tertiary/aromatic N) is 1. The first-order valence-electron chi connectivity index (χ1n) is 7.59. The van der Waals surface area contributed by atoms with E-state index >= 15 is 0 Å². The standard InChI is InChI=1S/C19H18N2O2/c1-2-23-13-19(22)21-20-12-18-16-9-5-3-7-14(16)11-15-8-4-6-10-17(15)18/h3-12H,2,13H2,1H3,(H,21,22)/b20-12+. The number of carbonyl (C=O) groups excluding carboxylic acids is 1. The quantitative estimate of drug-likeness (QED) is 0.446. The van der Waals surface area contributed by atoms with Crippen LogP contribution in [-0.4, -0.2) is 25.3 Å². The molecule has 1 N–H and O–H groups in total. The fourth-order valence-electron chi connectivity index (χ4n) is 2.58. The fourth-order valence-corrected chi connectivity index (χ4v) is 2.58. The van der Waals surface area contributed by atoms with Crippen molar-refractivity contribution in [2.24, 2.45) is 5.10 Å². The van der Waals surface area contributed by atoms with E-state index in [9.17, 15) is 4.79 Å². The number of fused-ring (bicyclic) bond motifs is 2. The van der Waals surface area contributed by atoms with Gasteiger partial charge in [-0.15, -0.1) is 0 Å². The van der Waals surface area contributed by atoms with Crippen LogP contribution in [0.2, 0.25) is 0 Å². The zero-order valence-electron chi connectivity index (χ0n) is 13.0. The molecule has 0 aliphatic rings. The van der Waals surface area contributed by atoms with Gasteiger partial charge in [0.25, 0.3) is 5.91 Å². The first kappa shape index (κ1) is 15.2. The Morgan fingerprint density at radius 1 is 1.09 bits per heavy atom. The van der Waals surface area contributed by atoms with Gasteiger partial charge in [-0.2, -0.15) is 5.10 Å². The predicted molar refractivity (Wildman–Crippen MR) is 93.7 cm³/mol. The van der Waals surface area contributed by atoms with Crippen molar-refractivity contribution in [1.82, 2.24) is 5.43 Å². The summed E-state index contributed by atoms with van der Waals surface area (Å²) in [4.78, 5) is 11.6. The molecule has 3 aromatic rings. The van der Waals surface area contributed by atoms with Gasteiger partial charge in [0.05, 0.1) is 6.21 Å². The van der Waals surface area contributed by atoms with Gasteiger partial charge in [0.15, 0.2) is 0 Å². The molecule has 0 aliphatic carbocycles. The van der Waals surface area contributed by atoms with Gasteiger partial charge < -0.3 is 4.74 Å². The molecule has 0 fully saturated rings. The average molecular weight is 306 g/mol. The van der Waals surface area contributed by atoms with Crippen molar-refractivity contribution in [1.29, 1.82) is 0 Å². The van der Waals surface area contributed by atoms with Gasteiger partial charge in [0.1, 0.15) is 6.61 Å². The van der Waals surface area contributed by atoms with E-state index < -0.39 is 0 Å². The Balaban J connectivity index is 1.98. The lowest BCUT2D eigenvalue weighted by Crippen LogP contribution is -2.22. The summed E-state index contributed by atoms with van der Waals surface area (Å²) in [5.41, 5.74) is 3.50. The predicted octanol–water partition coefficient (Wildman–Crippen LogP) is 3.48. The maximum Gasteiger partial charge on any atom is 0.266 e. The fraction of sp³-hybridized carbons (Fsp3) is 0.158. The van der Waals surface area contributed by atoms with E-state index in [0.717, 1.165) is 27.1 Å². The molecule has 1 amide bonds. The molecule has 3 aromatic carbocycles. The number of amides is 1. The number of hydrogen-bond acceptors (Lipinski definition) is 3. The maximum atomic E-state index is 11.6. The highest BCUT2D eigenvalue weighted by Crippen LogP contribution is 2.27. The molecule has 0 unspecified atom stereocenters. The molecule has 0 atom stereocenters. The molecule has 23 heavy (non-hydrogen) atoms. The zero-order valence-corrected chi connectivity index (χ0v) is 13.0. The van der Waals surface area contributed by atoms with Crippen LogP contribution >= 0.6 is 0 Å². The minimum absolute atomic E-state index is 0.0180. The third kappa shape index (κ3) is 3.38. The summed E-state index contributed by atoms with van der Waals surface area (Å²) in [5, 5.41) is 8.59. The molecule has 3 rings (SSSR count). The van der Waals surface area contributed by atoms with E-state index in [-0.39, 0.29) is 12.5 Å². The Kier molecular flexibility index (Phi) is 4.64. The van der Waals surface area contributed by atoms with E-state index in [4.69, 9.17) is 4.74 Å². The molecule has 0 bridgehead atoms. The van der Waals surface area contributed by atoms with Crippen LogP contribution in [0.3, 0.4) is 0 Å². The maximum absolute atomic E-state index is 11.6. The minimum atomic E-state index is -0.257. The molecular formula is C19H18N2O2. The number of ether oxygens (including phenoxy) is 1. The van der Waals surface area contributed by atoms with Gasteiger partial charge in [-0.3, -0.25) is 4.79 Å². The van der Waals surface area contributed by atoms with E-state index in [0.29, 0.717) is 6.61 Å². The van der Waals surface area contributed by atoms with Crippen molar-refractivity contribution in [2.45, 2.75) is 6.92 Å². The van der Waals surface area contributed by atoms with Crippen LogP contribution in [0.4, 0.5) is 0 Å². The van der Waals surface area contributed by atoms with Crippen LogP contribution in [0.1, 0.15) is 12.5 Å². The van der Waals surface area contributed by atoms with Gasteiger partial charge in [-0.25, -0.2) is 5.43 Å². The second-order valence-corrected chi connectivity index (χ2v) is 5.16. The molecule has 116 valence electrons. The highest BCUT2D eigenvalue weighted by atomic mass is 16.5. The molecule has 0 aliphatic heterocycles. The lowest BCUT2D eigenvalue weighted by molar-refractivity contribution is -0.125. The molecule has 0 radical (unpaired) electrons. The molecule has 0 saturated carbocycles. The summed E-state index contributed by atoms with van der Waals surface area (Å²) in [6, 6.07) is 18.5. The normalized spacial score (nSPS) is 11.3. The van der Waals surface area contributed by atoms with Crippen LogP contribution in [-0.2, 0) is 9.53 Å². The second kappa shape index (κ2) is 7.03. The van der Waals surface area contributed by atoms with Crippen molar-refractivity contribution in [2.75, 3.05) is 13.2 Å². The van der Waals surface area contributed by atoms with Crippen molar-refractivity contribution < 1.29 is 9.53 Å². The zero-order chi connectivity index (χ0) is 16.1. The number of rotatable bonds is 5. The monoisotopic (exact) mass is 306 g/mol. The summed E-state index contributed by atoms with van der Waals surface area (Å²) < 4.78 is 5.05. The molecule has 4 heteroatoms. The van der Waals surface area contributed by atoms with Gasteiger partial charge in [0, 0.05) is 12.2 Å². The molecule has 0 aromatic heterocycles. The van der Waals surface area contributed by atoms with Gasteiger partial charge in [0.2, 0.25) is 0 Å². The Bertz CT molecular complexity index is 818. The SMILES string of the molecule is CCOCC(=O)N/N=C/c1c2ccccc2cc2ccccc12. The van der Waals surface area contributed by atoms with Crippen molar-refractivity contribution >= 4 is 33.7 Å².